The van der Waals surface area contributed by atoms with E-state index < -0.39 is 0 Å². The zero-order chi connectivity index (χ0) is 11.1. The molecule has 0 unspecified atom stereocenters. The van der Waals surface area contributed by atoms with Gasteiger partial charge >= 0.3 is 0 Å². The highest BCUT2D eigenvalue weighted by Crippen LogP contribution is 2.28. The summed E-state index contributed by atoms with van der Waals surface area (Å²) >= 11 is 0. The Kier molecular flexibility index (Phi) is 5.15. The van der Waals surface area contributed by atoms with Gasteiger partial charge in [0, 0.05) is 13.5 Å². The van der Waals surface area contributed by atoms with Crippen LogP contribution in [0, 0.1) is 5.92 Å². The Morgan fingerprint density at radius 3 is 2.53 bits per heavy atom. The molecular formula is C11H22N4. The lowest BCUT2D eigenvalue weighted by molar-refractivity contribution is 0.489. The predicted molar refractivity (Wildman–Crippen MR) is 65.0 cm³/mol. The minimum Gasteiger partial charge on any atom is -0.387 e. The first-order valence-corrected chi connectivity index (χ1v) is 5.77. The van der Waals surface area contributed by atoms with Crippen LogP contribution in [0.4, 0.5) is 0 Å². The van der Waals surface area contributed by atoms with Gasteiger partial charge in [-0.15, -0.1) is 0 Å². The monoisotopic (exact) mass is 210 g/mol. The first-order chi connectivity index (χ1) is 7.22. The molecule has 1 aliphatic rings. The van der Waals surface area contributed by atoms with Crippen molar-refractivity contribution in [3.8, 4) is 0 Å². The summed E-state index contributed by atoms with van der Waals surface area (Å²) in [7, 11) is 1.62. The quantitative estimate of drug-likeness (QED) is 0.546. The molecule has 1 rings (SSSR count). The van der Waals surface area contributed by atoms with Crippen LogP contribution in [0.25, 0.3) is 0 Å². The highest BCUT2D eigenvalue weighted by molar-refractivity contribution is 5.94. The Bertz CT molecular complexity index is 239. The minimum absolute atomic E-state index is 0.272. The Morgan fingerprint density at radius 2 is 1.93 bits per heavy atom. The molecule has 4 heteroatoms. The van der Waals surface area contributed by atoms with E-state index in [2.05, 4.69) is 9.98 Å². The van der Waals surface area contributed by atoms with Gasteiger partial charge in [0.1, 0.15) is 5.84 Å². The molecule has 0 heterocycles. The molecule has 0 spiro atoms. The van der Waals surface area contributed by atoms with Crippen LogP contribution in [0.1, 0.15) is 44.9 Å². The molecule has 0 aromatic carbocycles. The summed E-state index contributed by atoms with van der Waals surface area (Å²) in [6.45, 7) is 0. The van der Waals surface area contributed by atoms with E-state index in [-0.39, 0.29) is 5.96 Å². The van der Waals surface area contributed by atoms with Crippen LogP contribution in [0.2, 0.25) is 0 Å². The minimum atomic E-state index is 0.272. The molecule has 15 heavy (non-hydrogen) atoms. The van der Waals surface area contributed by atoms with Crippen molar-refractivity contribution in [2.75, 3.05) is 7.05 Å². The van der Waals surface area contributed by atoms with Gasteiger partial charge in [-0.1, -0.05) is 32.1 Å². The number of hydrogen-bond acceptors (Lipinski definition) is 1. The first-order valence-electron chi connectivity index (χ1n) is 5.77. The second kappa shape index (κ2) is 6.43. The van der Waals surface area contributed by atoms with Gasteiger partial charge in [-0.2, -0.15) is 0 Å². The third-order valence-corrected chi connectivity index (χ3v) is 3.01. The van der Waals surface area contributed by atoms with E-state index in [1.165, 1.54) is 32.1 Å². The number of hydrogen-bond donors (Lipinski definition) is 2. The van der Waals surface area contributed by atoms with E-state index in [0.29, 0.717) is 5.84 Å². The molecule has 1 saturated carbocycles. The van der Waals surface area contributed by atoms with Gasteiger partial charge in [0.25, 0.3) is 0 Å². The van der Waals surface area contributed by atoms with Gasteiger partial charge in [0.15, 0.2) is 0 Å². The van der Waals surface area contributed by atoms with Crippen molar-refractivity contribution in [3.63, 3.8) is 0 Å². The molecule has 86 valence electrons. The van der Waals surface area contributed by atoms with Crippen molar-refractivity contribution in [2.24, 2.45) is 27.4 Å². The maximum Gasteiger partial charge on any atom is 0.216 e. The molecule has 0 aliphatic heterocycles. The fraction of sp³-hybridized carbons (Fsp3) is 0.818. The predicted octanol–water partition coefficient (Wildman–Crippen LogP) is 1.65. The normalized spacial score (nSPS) is 19.8. The van der Waals surface area contributed by atoms with Crippen molar-refractivity contribution >= 4 is 11.8 Å². The van der Waals surface area contributed by atoms with Gasteiger partial charge < -0.3 is 11.5 Å². The third-order valence-electron chi connectivity index (χ3n) is 3.01. The number of nitrogens with two attached hydrogens (primary N) is 2. The lowest BCUT2D eigenvalue weighted by atomic mass is 10.0. The van der Waals surface area contributed by atoms with Crippen molar-refractivity contribution in [3.05, 3.63) is 0 Å². The van der Waals surface area contributed by atoms with E-state index in [4.69, 9.17) is 11.5 Å². The zero-order valence-electron chi connectivity index (χ0n) is 9.58. The van der Waals surface area contributed by atoms with Gasteiger partial charge in [0.2, 0.25) is 5.96 Å². The molecule has 0 radical (unpaired) electrons. The molecule has 1 aliphatic carbocycles. The van der Waals surface area contributed by atoms with E-state index in [9.17, 15) is 0 Å². The molecule has 1 fully saturated rings. The maximum absolute atomic E-state index is 5.72. The number of amidine groups is 1. The molecule has 0 aromatic heterocycles. The largest absolute Gasteiger partial charge is 0.387 e. The number of aliphatic imine (C=N–C) groups is 2. The number of nitrogens with zero attached hydrogens (tertiary/aromatic N) is 2. The molecule has 4 N–H and O–H groups in total. The standard InChI is InChI=1S/C11H22N4/c1-14-11(13)15-10(12)8-4-7-9-5-2-3-6-9/h9H,2-8H2,1H3,(H4,12,13,14,15). The summed E-state index contributed by atoms with van der Waals surface area (Å²) in [4.78, 5) is 7.72. The van der Waals surface area contributed by atoms with Crippen molar-refractivity contribution < 1.29 is 0 Å². The topological polar surface area (TPSA) is 76.8 Å². The molecular weight excluding hydrogens is 188 g/mol. The Balaban J connectivity index is 2.16. The molecule has 0 atom stereocenters. The average Bonchev–Trinajstić information content (AvgIpc) is 2.70. The SMILES string of the molecule is CN=C(N)N=C(N)CCCC1CCCC1. The van der Waals surface area contributed by atoms with Gasteiger partial charge in [-0.3, -0.25) is 4.99 Å². The number of guanidine groups is 1. The molecule has 0 bridgehead atoms. The first kappa shape index (κ1) is 12.0. The van der Waals surface area contributed by atoms with Gasteiger partial charge in [-0.05, 0) is 12.3 Å². The van der Waals surface area contributed by atoms with E-state index in [1.807, 2.05) is 0 Å². The number of rotatable bonds is 4. The molecule has 0 amide bonds. The fourth-order valence-electron chi connectivity index (χ4n) is 2.12. The van der Waals surface area contributed by atoms with Crippen molar-refractivity contribution in [1.82, 2.24) is 0 Å². The smallest absolute Gasteiger partial charge is 0.216 e. The van der Waals surface area contributed by atoms with Crippen molar-refractivity contribution in [1.29, 1.82) is 0 Å². The second-order valence-corrected chi connectivity index (χ2v) is 4.23. The van der Waals surface area contributed by atoms with Crippen LogP contribution in [-0.2, 0) is 0 Å². The third kappa shape index (κ3) is 4.81. The lowest BCUT2D eigenvalue weighted by Crippen LogP contribution is -2.18. The van der Waals surface area contributed by atoms with Gasteiger partial charge in [-0.25, -0.2) is 4.99 Å². The second-order valence-electron chi connectivity index (χ2n) is 4.23. The van der Waals surface area contributed by atoms with Crippen LogP contribution in [0.15, 0.2) is 9.98 Å². The average molecular weight is 210 g/mol. The zero-order valence-corrected chi connectivity index (χ0v) is 9.58. The summed E-state index contributed by atoms with van der Waals surface area (Å²) in [5.41, 5.74) is 11.2. The van der Waals surface area contributed by atoms with Crippen LogP contribution in [-0.4, -0.2) is 18.8 Å². The van der Waals surface area contributed by atoms with Crippen LogP contribution in [0.3, 0.4) is 0 Å². The van der Waals surface area contributed by atoms with E-state index >= 15 is 0 Å². The van der Waals surface area contributed by atoms with E-state index in [1.54, 1.807) is 7.05 Å². The highest BCUT2D eigenvalue weighted by atomic mass is 15.0. The molecule has 4 nitrogen and oxygen atoms in total. The summed E-state index contributed by atoms with van der Waals surface area (Å²) in [6, 6.07) is 0. The summed E-state index contributed by atoms with van der Waals surface area (Å²) < 4.78 is 0. The summed E-state index contributed by atoms with van der Waals surface area (Å²) in [5, 5.41) is 0. The lowest BCUT2D eigenvalue weighted by Gasteiger charge is -2.07. The van der Waals surface area contributed by atoms with E-state index in [0.717, 1.165) is 18.8 Å². The summed E-state index contributed by atoms with van der Waals surface area (Å²) in [5.74, 6) is 1.81. The van der Waals surface area contributed by atoms with Crippen LogP contribution >= 0.6 is 0 Å². The fourth-order valence-corrected chi connectivity index (χ4v) is 2.12. The highest BCUT2D eigenvalue weighted by Gasteiger charge is 2.14. The Hall–Kier alpha value is -1.06. The summed E-state index contributed by atoms with van der Waals surface area (Å²) in [6.07, 6.45) is 8.85. The molecule has 0 saturated heterocycles. The maximum atomic E-state index is 5.72. The van der Waals surface area contributed by atoms with Crippen LogP contribution < -0.4 is 11.5 Å². The van der Waals surface area contributed by atoms with Gasteiger partial charge in [0.05, 0.1) is 0 Å². The molecule has 0 aromatic rings. The van der Waals surface area contributed by atoms with Crippen LogP contribution in [0.5, 0.6) is 0 Å². The van der Waals surface area contributed by atoms with Crippen molar-refractivity contribution in [2.45, 2.75) is 44.9 Å². The Morgan fingerprint density at radius 1 is 1.27 bits per heavy atom. The Labute approximate surface area is 91.9 Å².